The molecule has 3 aromatic heterocycles. The van der Waals surface area contributed by atoms with Crippen LogP contribution in [0.25, 0.3) is 38.6 Å². The fraction of sp³-hybridized carbons (Fsp3) is 0.308. The molecule has 0 unspecified atom stereocenters. The van der Waals surface area contributed by atoms with Crippen molar-refractivity contribution in [3.63, 3.8) is 0 Å². The molecule has 0 amide bonds. The van der Waals surface area contributed by atoms with Gasteiger partial charge in [0.25, 0.3) is 0 Å². The van der Waals surface area contributed by atoms with Gasteiger partial charge in [0.1, 0.15) is 5.82 Å². The number of thioether (sulfide) groups is 1. The maximum Gasteiger partial charge on any atom is 0.123 e. The van der Waals surface area contributed by atoms with Crippen molar-refractivity contribution >= 4 is 33.6 Å². The Hall–Kier alpha value is -3.10. The summed E-state index contributed by atoms with van der Waals surface area (Å²) in [4.78, 5) is 0. The van der Waals surface area contributed by atoms with Crippen LogP contribution < -0.4 is 0 Å². The van der Waals surface area contributed by atoms with Crippen LogP contribution in [0.1, 0.15) is 24.5 Å². The van der Waals surface area contributed by atoms with Gasteiger partial charge in [0.2, 0.25) is 0 Å². The van der Waals surface area contributed by atoms with Gasteiger partial charge in [-0.25, -0.2) is 4.39 Å². The number of H-pyrrole nitrogens is 1. The van der Waals surface area contributed by atoms with E-state index in [0.29, 0.717) is 5.92 Å². The summed E-state index contributed by atoms with van der Waals surface area (Å²) in [5.74, 6) is 1.10. The Morgan fingerprint density at radius 2 is 1.97 bits per heavy atom. The first-order valence-electron chi connectivity index (χ1n) is 11.6. The van der Waals surface area contributed by atoms with E-state index >= 15 is 0 Å². The first-order chi connectivity index (χ1) is 16.7. The molecule has 1 N–H and O–H groups in total. The molecule has 6 nitrogen and oxygen atoms in total. The number of nitrogens with one attached hydrogen (secondary N) is 1. The molecular weight excluding hydrogens is 449 g/mol. The molecule has 2 aromatic carbocycles. The first kappa shape index (κ1) is 21.4. The Morgan fingerprint density at radius 3 is 2.76 bits per heavy atom. The third-order valence-corrected chi connectivity index (χ3v) is 7.29. The molecule has 0 aliphatic carbocycles. The molecule has 0 radical (unpaired) electrons. The van der Waals surface area contributed by atoms with Gasteiger partial charge in [-0.05, 0) is 55.5 Å². The van der Waals surface area contributed by atoms with Gasteiger partial charge in [-0.1, -0.05) is 0 Å². The highest BCUT2D eigenvalue weighted by molar-refractivity contribution is 7.98. The van der Waals surface area contributed by atoms with Gasteiger partial charge in [0, 0.05) is 70.9 Å². The number of rotatable bonds is 6. The van der Waals surface area contributed by atoms with Crippen molar-refractivity contribution < 1.29 is 9.13 Å². The van der Waals surface area contributed by atoms with Gasteiger partial charge < -0.3 is 9.30 Å². The summed E-state index contributed by atoms with van der Waals surface area (Å²) in [6.45, 7) is 2.36. The molecule has 0 atom stereocenters. The summed E-state index contributed by atoms with van der Waals surface area (Å²) < 4.78 is 23.9. The predicted octanol–water partition coefficient (Wildman–Crippen LogP) is 5.77. The summed E-state index contributed by atoms with van der Waals surface area (Å²) in [5.41, 5.74) is 6.59. The normalized spacial score (nSPS) is 15.0. The SMILES string of the molecule is CSCCn1cc(-c2c(C3CCOCC3)n(-c3ccc(F)cc3)c3cc4cn[nH]c4cc23)cn1. The molecule has 0 spiro atoms. The molecule has 5 aromatic rings. The third kappa shape index (κ3) is 3.71. The van der Waals surface area contributed by atoms with E-state index in [0.717, 1.165) is 71.4 Å². The van der Waals surface area contributed by atoms with E-state index < -0.39 is 0 Å². The van der Waals surface area contributed by atoms with E-state index in [2.05, 4.69) is 44.4 Å². The van der Waals surface area contributed by atoms with E-state index in [1.54, 1.807) is 0 Å². The van der Waals surface area contributed by atoms with Gasteiger partial charge in [0.15, 0.2) is 0 Å². The van der Waals surface area contributed by atoms with Gasteiger partial charge in [0.05, 0.1) is 23.4 Å². The Bertz CT molecular complexity index is 1450. The van der Waals surface area contributed by atoms with Crippen LogP contribution in [0.2, 0.25) is 0 Å². The van der Waals surface area contributed by atoms with Crippen LogP contribution in [-0.4, -0.2) is 49.8 Å². The van der Waals surface area contributed by atoms with Crippen LogP contribution in [0.5, 0.6) is 0 Å². The largest absolute Gasteiger partial charge is 0.381 e. The van der Waals surface area contributed by atoms with E-state index in [1.807, 2.05) is 41.0 Å². The van der Waals surface area contributed by atoms with E-state index in [1.165, 1.54) is 23.4 Å². The second kappa shape index (κ2) is 8.92. The minimum atomic E-state index is -0.236. The monoisotopic (exact) mass is 475 g/mol. The zero-order valence-corrected chi connectivity index (χ0v) is 19.8. The lowest BCUT2D eigenvalue weighted by molar-refractivity contribution is 0.0844. The number of ether oxygens (including phenoxy) is 1. The van der Waals surface area contributed by atoms with Gasteiger partial charge in [-0.2, -0.15) is 22.0 Å². The molecule has 174 valence electrons. The quantitative estimate of drug-likeness (QED) is 0.339. The van der Waals surface area contributed by atoms with Gasteiger partial charge in [-0.3, -0.25) is 9.78 Å². The maximum absolute atomic E-state index is 13.9. The lowest BCUT2D eigenvalue weighted by Gasteiger charge is -2.25. The summed E-state index contributed by atoms with van der Waals surface area (Å²) in [6, 6.07) is 11.2. The number of halogens is 1. The van der Waals surface area contributed by atoms with E-state index in [-0.39, 0.29) is 5.82 Å². The Labute approximate surface area is 201 Å². The molecule has 4 heterocycles. The Morgan fingerprint density at radius 1 is 1.15 bits per heavy atom. The van der Waals surface area contributed by atoms with Crippen molar-refractivity contribution in [2.45, 2.75) is 25.3 Å². The molecule has 0 bridgehead atoms. The summed E-state index contributed by atoms with van der Waals surface area (Å²) in [7, 11) is 0. The molecule has 8 heteroatoms. The number of hydrogen-bond acceptors (Lipinski definition) is 4. The second-order valence-corrected chi connectivity index (χ2v) is 9.76. The highest BCUT2D eigenvalue weighted by atomic mass is 32.2. The van der Waals surface area contributed by atoms with Crippen LogP contribution in [0.15, 0.2) is 55.0 Å². The molecule has 1 aliphatic rings. The number of aromatic amines is 1. The number of hydrogen-bond donors (Lipinski definition) is 1. The van der Waals surface area contributed by atoms with Crippen molar-refractivity contribution in [3.8, 4) is 16.8 Å². The lowest BCUT2D eigenvalue weighted by Crippen LogP contribution is -2.17. The van der Waals surface area contributed by atoms with E-state index in [9.17, 15) is 4.39 Å². The molecule has 0 saturated carbocycles. The third-order valence-electron chi connectivity index (χ3n) is 6.70. The molecule has 1 fully saturated rings. The van der Waals surface area contributed by atoms with Crippen molar-refractivity contribution in [2.24, 2.45) is 0 Å². The summed E-state index contributed by atoms with van der Waals surface area (Å²) in [6.07, 6.45) is 9.99. The molecule has 1 saturated heterocycles. The minimum absolute atomic E-state index is 0.236. The topological polar surface area (TPSA) is 60.7 Å². The Balaban J connectivity index is 1.66. The minimum Gasteiger partial charge on any atom is -0.381 e. The fourth-order valence-electron chi connectivity index (χ4n) is 5.07. The summed E-state index contributed by atoms with van der Waals surface area (Å²) in [5, 5.41) is 14.2. The molecular formula is C26H26FN5OS. The average molecular weight is 476 g/mol. The number of nitrogens with zero attached hydrogens (tertiary/aromatic N) is 4. The zero-order valence-electron chi connectivity index (χ0n) is 19.0. The highest BCUT2D eigenvalue weighted by Gasteiger charge is 2.28. The van der Waals surface area contributed by atoms with Crippen LogP contribution >= 0.6 is 11.8 Å². The maximum atomic E-state index is 13.9. The Kier molecular flexibility index (Phi) is 5.63. The standard InChI is InChI=1S/C26H26FN5OS/c1-34-11-8-31-16-19(15-29-31)25-22-13-23-18(14-28-30-23)12-24(22)32(21-4-2-20(27)3-5-21)26(25)17-6-9-33-10-7-17/h2-5,12-17H,6-11H2,1H3,(H,28,30). The summed E-state index contributed by atoms with van der Waals surface area (Å²) >= 11 is 1.81. The van der Waals surface area contributed by atoms with Crippen molar-refractivity contribution in [3.05, 3.63) is 66.5 Å². The average Bonchev–Trinajstić information content (AvgIpc) is 3.59. The van der Waals surface area contributed by atoms with Gasteiger partial charge >= 0.3 is 0 Å². The molecule has 34 heavy (non-hydrogen) atoms. The van der Waals surface area contributed by atoms with Crippen molar-refractivity contribution in [2.75, 3.05) is 25.2 Å². The smallest absolute Gasteiger partial charge is 0.123 e. The van der Waals surface area contributed by atoms with Crippen molar-refractivity contribution in [1.82, 2.24) is 24.5 Å². The van der Waals surface area contributed by atoms with Gasteiger partial charge in [-0.15, -0.1) is 0 Å². The van der Waals surface area contributed by atoms with Crippen LogP contribution in [-0.2, 0) is 11.3 Å². The molecule has 6 rings (SSSR count). The molecule has 1 aliphatic heterocycles. The second-order valence-electron chi connectivity index (χ2n) is 8.77. The lowest BCUT2D eigenvalue weighted by atomic mass is 9.91. The zero-order chi connectivity index (χ0) is 23.1. The predicted molar refractivity (Wildman–Crippen MR) is 135 cm³/mol. The number of aryl methyl sites for hydroxylation is 1. The van der Waals surface area contributed by atoms with E-state index in [4.69, 9.17) is 4.74 Å². The van der Waals surface area contributed by atoms with Crippen LogP contribution in [0.3, 0.4) is 0 Å². The number of aromatic nitrogens is 5. The van der Waals surface area contributed by atoms with Crippen molar-refractivity contribution in [1.29, 1.82) is 0 Å². The number of fused-ring (bicyclic) bond motifs is 2. The first-order valence-corrected chi connectivity index (χ1v) is 13.0. The van der Waals surface area contributed by atoms with Crippen LogP contribution in [0, 0.1) is 5.82 Å². The number of benzene rings is 2. The fourth-order valence-corrected chi connectivity index (χ4v) is 5.44. The highest BCUT2D eigenvalue weighted by Crippen LogP contribution is 2.44. The van der Waals surface area contributed by atoms with Crippen LogP contribution in [0.4, 0.5) is 4.39 Å².